The molecule has 14 heavy (non-hydrogen) atoms. The van der Waals surface area contributed by atoms with Crippen LogP contribution >= 0.6 is 38.5 Å². The Bertz CT molecular complexity index is 336. The summed E-state index contributed by atoms with van der Waals surface area (Å²) in [5, 5.41) is 0.446. The molecule has 1 nitrogen and oxygen atoms in total. The number of carbonyl (C=O) groups is 1. The van der Waals surface area contributed by atoms with E-state index in [0.717, 1.165) is 6.42 Å². The molecule has 0 aliphatic heterocycles. The van der Waals surface area contributed by atoms with Gasteiger partial charge in [0.15, 0.2) is 0 Å². The van der Waals surface area contributed by atoms with E-state index in [2.05, 4.69) is 63.6 Å². The summed E-state index contributed by atoms with van der Waals surface area (Å²) in [6.45, 7) is 2.12. The number of hydrogen-bond donors (Lipinski definition) is 0. The van der Waals surface area contributed by atoms with Crippen LogP contribution in [0.4, 0.5) is 0 Å². The molecule has 0 heterocycles. The fraction of sp³-hybridized carbons (Fsp3) is 0.364. The van der Waals surface area contributed by atoms with Crippen LogP contribution < -0.4 is 0 Å². The summed E-state index contributed by atoms with van der Waals surface area (Å²) in [6.07, 6.45) is 1.53. The molecule has 0 aliphatic carbocycles. The third-order valence-corrected chi connectivity index (χ3v) is 3.38. The molecule has 0 unspecified atom stereocenters. The number of hydrogen-bond acceptors (Lipinski definition) is 1. The fourth-order valence-corrected chi connectivity index (χ4v) is 2.12. The number of alkyl halides is 1. The third kappa shape index (κ3) is 3.35. The number of benzene rings is 1. The van der Waals surface area contributed by atoms with Gasteiger partial charge in [-0.05, 0) is 52.3 Å². The Morgan fingerprint density at radius 1 is 1.43 bits per heavy atom. The quantitative estimate of drug-likeness (QED) is 0.589. The Morgan fingerprint density at radius 3 is 2.71 bits per heavy atom. The summed E-state index contributed by atoms with van der Waals surface area (Å²) in [5.74, 6) is 0.238. The van der Waals surface area contributed by atoms with E-state index in [0.29, 0.717) is 11.8 Å². The second kappa shape index (κ2) is 5.85. The molecule has 76 valence electrons. The summed E-state index contributed by atoms with van der Waals surface area (Å²) < 4.78 is 1.19. The van der Waals surface area contributed by atoms with Gasteiger partial charge in [0, 0.05) is 9.99 Å². The van der Waals surface area contributed by atoms with Crippen molar-refractivity contribution in [1.82, 2.24) is 0 Å². The molecule has 1 aromatic carbocycles. The van der Waals surface area contributed by atoms with Gasteiger partial charge in [-0.2, -0.15) is 0 Å². The Hall–Kier alpha value is 0.1000. The van der Waals surface area contributed by atoms with Crippen molar-refractivity contribution in [3.63, 3.8) is 0 Å². The lowest BCUT2D eigenvalue weighted by atomic mass is 10.0. The maximum Gasteiger partial charge on any atom is 0.147 e. The molecule has 0 bridgehead atoms. The lowest BCUT2D eigenvalue weighted by molar-refractivity contribution is -0.115. The molecule has 1 aromatic rings. The molecule has 0 amide bonds. The van der Waals surface area contributed by atoms with Gasteiger partial charge in [0.1, 0.15) is 5.78 Å². The van der Waals surface area contributed by atoms with Gasteiger partial charge < -0.3 is 0 Å². The minimum atomic E-state index is 0.238. The van der Waals surface area contributed by atoms with Crippen molar-refractivity contribution in [3.05, 3.63) is 32.9 Å². The third-order valence-electron chi connectivity index (χ3n) is 2.09. The Morgan fingerprint density at radius 2 is 2.14 bits per heavy atom. The van der Waals surface area contributed by atoms with Crippen molar-refractivity contribution in [1.29, 1.82) is 0 Å². The smallest absolute Gasteiger partial charge is 0.147 e. The second-order valence-electron chi connectivity index (χ2n) is 3.12. The first-order valence-electron chi connectivity index (χ1n) is 4.52. The zero-order valence-corrected chi connectivity index (χ0v) is 11.8. The van der Waals surface area contributed by atoms with Crippen LogP contribution in [0.3, 0.4) is 0 Å². The molecular formula is C11H12BrIO. The predicted octanol–water partition coefficient (Wildman–Crippen LogP) is 3.36. The van der Waals surface area contributed by atoms with E-state index in [1.807, 2.05) is 0 Å². The molecule has 0 saturated carbocycles. The molecule has 0 atom stereocenters. The molecule has 0 aromatic heterocycles. The number of carbonyl (C=O) groups excluding carboxylic acids is 1. The van der Waals surface area contributed by atoms with E-state index in [9.17, 15) is 4.79 Å². The van der Waals surface area contributed by atoms with Crippen molar-refractivity contribution in [3.8, 4) is 0 Å². The SMILES string of the molecule is CCc1ccc(I)cc1CC(=O)CBr. The van der Waals surface area contributed by atoms with Crippen LogP contribution in [0, 0.1) is 3.57 Å². The van der Waals surface area contributed by atoms with Crippen molar-refractivity contribution >= 4 is 44.3 Å². The zero-order chi connectivity index (χ0) is 10.6. The maximum absolute atomic E-state index is 11.3. The Balaban J connectivity index is 2.93. The van der Waals surface area contributed by atoms with E-state index < -0.39 is 0 Å². The highest BCUT2D eigenvalue weighted by molar-refractivity contribution is 14.1. The van der Waals surface area contributed by atoms with Crippen molar-refractivity contribution < 1.29 is 4.79 Å². The van der Waals surface area contributed by atoms with Gasteiger partial charge in [0.25, 0.3) is 0 Å². The van der Waals surface area contributed by atoms with Gasteiger partial charge in [-0.15, -0.1) is 0 Å². The molecule has 0 saturated heterocycles. The van der Waals surface area contributed by atoms with E-state index in [1.165, 1.54) is 14.7 Å². The Labute approximate surface area is 107 Å². The zero-order valence-electron chi connectivity index (χ0n) is 8.02. The van der Waals surface area contributed by atoms with Crippen LogP contribution in [0.5, 0.6) is 0 Å². The first-order chi connectivity index (χ1) is 6.67. The predicted molar refractivity (Wildman–Crippen MR) is 71.0 cm³/mol. The highest BCUT2D eigenvalue weighted by atomic mass is 127. The van der Waals surface area contributed by atoms with E-state index in [4.69, 9.17) is 0 Å². The standard InChI is InChI=1S/C11H12BrIO/c1-2-8-3-4-10(13)5-9(8)6-11(14)7-12/h3-5H,2,6-7H2,1H3. The first kappa shape index (κ1) is 12.2. The lowest BCUT2D eigenvalue weighted by Gasteiger charge is -2.06. The molecule has 0 fully saturated rings. The van der Waals surface area contributed by atoms with E-state index in [1.54, 1.807) is 0 Å². The Kier molecular flexibility index (Phi) is 5.09. The van der Waals surface area contributed by atoms with E-state index in [-0.39, 0.29) is 5.78 Å². The van der Waals surface area contributed by atoms with Gasteiger partial charge in [-0.25, -0.2) is 0 Å². The number of halogens is 2. The molecular weight excluding hydrogens is 355 g/mol. The van der Waals surface area contributed by atoms with Crippen molar-refractivity contribution in [2.75, 3.05) is 5.33 Å². The molecule has 0 N–H and O–H groups in total. The summed E-state index contributed by atoms with van der Waals surface area (Å²) >= 11 is 5.46. The number of rotatable bonds is 4. The molecule has 1 rings (SSSR count). The molecule has 0 radical (unpaired) electrons. The van der Waals surface area contributed by atoms with Crippen LogP contribution in [-0.2, 0) is 17.6 Å². The van der Waals surface area contributed by atoms with Crippen molar-refractivity contribution in [2.45, 2.75) is 19.8 Å². The second-order valence-corrected chi connectivity index (χ2v) is 4.92. The van der Waals surface area contributed by atoms with Gasteiger partial charge in [-0.1, -0.05) is 28.9 Å². The average molecular weight is 367 g/mol. The minimum Gasteiger partial charge on any atom is -0.298 e. The summed E-state index contributed by atoms with van der Waals surface area (Å²) in [5.41, 5.74) is 2.45. The van der Waals surface area contributed by atoms with Gasteiger partial charge in [0.2, 0.25) is 0 Å². The minimum absolute atomic E-state index is 0.238. The van der Waals surface area contributed by atoms with Crippen LogP contribution in [0.25, 0.3) is 0 Å². The van der Waals surface area contributed by atoms with Crippen LogP contribution in [-0.4, -0.2) is 11.1 Å². The van der Waals surface area contributed by atoms with Gasteiger partial charge >= 0.3 is 0 Å². The van der Waals surface area contributed by atoms with E-state index >= 15 is 0 Å². The number of ketones is 1. The van der Waals surface area contributed by atoms with Gasteiger partial charge in [-0.3, -0.25) is 4.79 Å². The normalized spacial score (nSPS) is 10.2. The summed E-state index contributed by atoms with van der Waals surface area (Å²) in [7, 11) is 0. The highest BCUT2D eigenvalue weighted by Crippen LogP contribution is 2.15. The average Bonchev–Trinajstić information content (AvgIpc) is 2.18. The summed E-state index contributed by atoms with van der Waals surface area (Å²) in [4.78, 5) is 11.3. The topological polar surface area (TPSA) is 17.1 Å². The monoisotopic (exact) mass is 366 g/mol. The number of Topliss-reactive ketones (excluding diaryl/α,β-unsaturated/α-hetero) is 1. The first-order valence-corrected chi connectivity index (χ1v) is 6.72. The highest BCUT2D eigenvalue weighted by Gasteiger charge is 2.06. The largest absolute Gasteiger partial charge is 0.298 e. The number of aryl methyl sites for hydroxylation is 1. The van der Waals surface area contributed by atoms with Gasteiger partial charge in [0.05, 0.1) is 5.33 Å². The van der Waals surface area contributed by atoms with Crippen LogP contribution in [0.1, 0.15) is 18.1 Å². The van der Waals surface area contributed by atoms with Crippen molar-refractivity contribution in [2.24, 2.45) is 0 Å². The molecule has 3 heteroatoms. The summed E-state index contributed by atoms with van der Waals surface area (Å²) in [6, 6.07) is 6.29. The molecule has 0 aliphatic rings. The molecule has 0 spiro atoms. The lowest BCUT2D eigenvalue weighted by Crippen LogP contribution is -2.06. The maximum atomic E-state index is 11.3. The van der Waals surface area contributed by atoms with Crippen LogP contribution in [0.2, 0.25) is 0 Å². The fourth-order valence-electron chi connectivity index (χ4n) is 1.36. The van der Waals surface area contributed by atoms with Crippen LogP contribution in [0.15, 0.2) is 18.2 Å².